The van der Waals surface area contributed by atoms with Crippen molar-refractivity contribution in [3.05, 3.63) is 33.6 Å². The van der Waals surface area contributed by atoms with Crippen LogP contribution in [0.2, 0.25) is 10.0 Å². The highest BCUT2D eigenvalue weighted by atomic mass is 35.5. The van der Waals surface area contributed by atoms with E-state index in [4.69, 9.17) is 28.3 Å². The molecule has 0 aliphatic carbocycles. The number of rotatable bonds is 2. The van der Waals surface area contributed by atoms with E-state index in [1.807, 2.05) is 0 Å². The van der Waals surface area contributed by atoms with E-state index in [9.17, 15) is 14.0 Å². The number of hydrogen-bond acceptors (Lipinski definition) is 3. The summed E-state index contributed by atoms with van der Waals surface area (Å²) < 4.78 is 13.5. The van der Waals surface area contributed by atoms with Crippen LogP contribution in [-0.4, -0.2) is 39.1 Å². The van der Waals surface area contributed by atoms with Gasteiger partial charge in [0.1, 0.15) is 11.9 Å². The molecule has 0 aromatic heterocycles. The SMILES string of the molecule is CC1SCC(C(=O)O)N1C(=O)c1cc(F)c(Cl)cc1Cl. The van der Waals surface area contributed by atoms with Crippen LogP contribution in [0.1, 0.15) is 17.3 Å². The Hall–Kier alpha value is -0.980. The van der Waals surface area contributed by atoms with Crippen LogP contribution in [0, 0.1) is 5.82 Å². The van der Waals surface area contributed by atoms with E-state index in [1.54, 1.807) is 6.92 Å². The maximum Gasteiger partial charge on any atom is 0.327 e. The van der Waals surface area contributed by atoms with E-state index in [1.165, 1.54) is 16.7 Å². The van der Waals surface area contributed by atoms with Gasteiger partial charge in [-0.15, -0.1) is 11.8 Å². The Balaban J connectivity index is 2.40. The van der Waals surface area contributed by atoms with Crippen molar-refractivity contribution in [2.24, 2.45) is 0 Å². The van der Waals surface area contributed by atoms with Gasteiger partial charge in [0.15, 0.2) is 0 Å². The lowest BCUT2D eigenvalue weighted by atomic mass is 10.1. The van der Waals surface area contributed by atoms with Crippen LogP contribution >= 0.6 is 35.0 Å². The molecule has 1 aromatic carbocycles. The van der Waals surface area contributed by atoms with Crippen LogP contribution in [0.3, 0.4) is 0 Å². The second kappa shape index (κ2) is 5.79. The van der Waals surface area contributed by atoms with Gasteiger partial charge >= 0.3 is 5.97 Å². The third-order valence-corrected chi connectivity index (χ3v) is 4.80. The van der Waals surface area contributed by atoms with Crippen molar-refractivity contribution in [2.45, 2.75) is 18.3 Å². The van der Waals surface area contributed by atoms with Gasteiger partial charge in [0.05, 0.1) is 21.0 Å². The Morgan fingerprint density at radius 2 is 2.05 bits per heavy atom. The van der Waals surface area contributed by atoms with Crippen LogP contribution in [0.25, 0.3) is 0 Å². The minimum Gasteiger partial charge on any atom is -0.480 e. The van der Waals surface area contributed by atoms with E-state index >= 15 is 0 Å². The molecule has 0 bridgehead atoms. The first-order chi connectivity index (χ1) is 9.32. The molecule has 0 radical (unpaired) electrons. The minimum absolute atomic E-state index is 0.00496. The number of thioether (sulfide) groups is 1. The van der Waals surface area contributed by atoms with Crippen LogP contribution in [-0.2, 0) is 4.79 Å². The van der Waals surface area contributed by atoms with Crippen molar-refractivity contribution < 1.29 is 19.1 Å². The first kappa shape index (κ1) is 15.4. The number of amides is 1. The molecule has 1 amide bonds. The van der Waals surface area contributed by atoms with E-state index in [0.29, 0.717) is 0 Å². The Labute approximate surface area is 128 Å². The molecule has 8 heteroatoms. The zero-order chi connectivity index (χ0) is 15.0. The number of halogens is 3. The van der Waals surface area contributed by atoms with E-state index in [2.05, 4.69) is 0 Å². The Morgan fingerprint density at radius 1 is 1.40 bits per heavy atom. The molecule has 1 aliphatic rings. The van der Waals surface area contributed by atoms with Crippen LogP contribution in [0.5, 0.6) is 0 Å². The molecule has 2 rings (SSSR count). The summed E-state index contributed by atoms with van der Waals surface area (Å²) in [6, 6.07) is 1.12. The number of hydrogen-bond donors (Lipinski definition) is 1. The van der Waals surface area contributed by atoms with Gasteiger partial charge in [-0.25, -0.2) is 9.18 Å². The van der Waals surface area contributed by atoms with Crippen molar-refractivity contribution in [3.8, 4) is 0 Å². The first-order valence-corrected chi connectivity index (χ1v) is 7.45. The third kappa shape index (κ3) is 2.73. The van der Waals surface area contributed by atoms with Gasteiger partial charge < -0.3 is 10.0 Å². The summed E-state index contributed by atoms with van der Waals surface area (Å²) in [5.74, 6) is -2.20. The fraction of sp³-hybridized carbons (Fsp3) is 0.333. The van der Waals surface area contributed by atoms with Crippen molar-refractivity contribution in [3.63, 3.8) is 0 Å². The molecule has 2 atom stereocenters. The average molecular weight is 338 g/mol. The van der Waals surface area contributed by atoms with Crippen molar-refractivity contribution in [1.29, 1.82) is 0 Å². The molecule has 108 valence electrons. The standard InChI is InChI=1S/C12H10Cl2FNO3S/c1-5-16(10(4-20-5)12(18)19)11(17)6-2-9(15)8(14)3-7(6)13/h2-3,5,10H,4H2,1H3,(H,18,19). The highest BCUT2D eigenvalue weighted by Crippen LogP contribution is 2.33. The monoisotopic (exact) mass is 337 g/mol. The predicted octanol–water partition coefficient (Wildman–Crippen LogP) is 3.12. The van der Waals surface area contributed by atoms with Crippen molar-refractivity contribution >= 4 is 46.8 Å². The zero-order valence-corrected chi connectivity index (χ0v) is 12.6. The third-order valence-electron chi connectivity index (χ3n) is 2.98. The number of carboxylic acids is 1. The zero-order valence-electron chi connectivity index (χ0n) is 10.3. The Bertz CT molecular complexity index is 584. The molecule has 1 aliphatic heterocycles. The molecule has 2 unspecified atom stereocenters. The first-order valence-electron chi connectivity index (χ1n) is 5.64. The van der Waals surface area contributed by atoms with Gasteiger partial charge in [-0.3, -0.25) is 4.79 Å². The second-order valence-electron chi connectivity index (χ2n) is 4.25. The van der Waals surface area contributed by atoms with Gasteiger partial charge in [-0.05, 0) is 19.1 Å². The molecule has 1 heterocycles. The molecular formula is C12H10Cl2FNO3S. The summed E-state index contributed by atoms with van der Waals surface area (Å²) in [7, 11) is 0. The Morgan fingerprint density at radius 3 is 2.65 bits per heavy atom. The molecule has 1 N–H and O–H groups in total. The number of aliphatic carboxylic acids is 1. The van der Waals surface area contributed by atoms with Crippen LogP contribution in [0.4, 0.5) is 4.39 Å². The minimum atomic E-state index is -1.10. The van der Waals surface area contributed by atoms with Gasteiger partial charge in [-0.1, -0.05) is 23.2 Å². The van der Waals surface area contributed by atoms with Gasteiger partial charge in [0, 0.05) is 5.75 Å². The maximum atomic E-state index is 13.5. The molecule has 1 saturated heterocycles. The van der Waals surface area contributed by atoms with E-state index in [0.717, 1.165) is 12.1 Å². The molecule has 0 saturated carbocycles. The quantitative estimate of drug-likeness (QED) is 0.842. The van der Waals surface area contributed by atoms with Crippen LogP contribution < -0.4 is 0 Å². The Kier molecular flexibility index (Phi) is 4.46. The topological polar surface area (TPSA) is 57.6 Å². The summed E-state index contributed by atoms with van der Waals surface area (Å²) in [6.45, 7) is 1.71. The normalized spacial score (nSPS) is 22.1. The highest BCUT2D eigenvalue weighted by molar-refractivity contribution is 8.00. The number of carbonyl (C=O) groups is 2. The predicted molar refractivity (Wildman–Crippen MR) is 75.9 cm³/mol. The largest absolute Gasteiger partial charge is 0.480 e. The molecular weight excluding hydrogens is 328 g/mol. The summed E-state index contributed by atoms with van der Waals surface area (Å²) >= 11 is 12.8. The lowest BCUT2D eigenvalue weighted by Gasteiger charge is -2.25. The molecule has 1 aromatic rings. The van der Waals surface area contributed by atoms with Crippen molar-refractivity contribution in [2.75, 3.05) is 5.75 Å². The number of nitrogens with zero attached hydrogens (tertiary/aromatic N) is 1. The highest BCUT2D eigenvalue weighted by Gasteiger charge is 2.40. The van der Waals surface area contributed by atoms with E-state index in [-0.39, 0.29) is 26.7 Å². The smallest absolute Gasteiger partial charge is 0.327 e. The lowest BCUT2D eigenvalue weighted by molar-refractivity contribution is -0.141. The van der Waals surface area contributed by atoms with Gasteiger partial charge in [0.25, 0.3) is 5.91 Å². The molecule has 20 heavy (non-hydrogen) atoms. The summed E-state index contributed by atoms with van der Waals surface area (Å²) in [6.07, 6.45) is 0. The fourth-order valence-corrected chi connectivity index (χ4v) is 3.60. The maximum absolute atomic E-state index is 13.5. The van der Waals surface area contributed by atoms with Gasteiger partial charge in [-0.2, -0.15) is 0 Å². The molecule has 0 spiro atoms. The van der Waals surface area contributed by atoms with Crippen LogP contribution in [0.15, 0.2) is 12.1 Å². The second-order valence-corrected chi connectivity index (χ2v) is 6.41. The van der Waals surface area contributed by atoms with Crippen molar-refractivity contribution in [1.82, 2.24) is 4.90 Å². The average Bonchev–Trinajstić information content (AvgIpc) is 2.75. The number of carboxylic acid groups (broad SMARTS) is 1. The fourth-order valence-electron chi connectivity index (χ4n) is 1.97. The number of benzene rings is 1. The summed E-state index contributed by atoms with van der Waals surface area (Å²) in [4.78, 5) is 24.8. The summed E-state index contributed by atoms with van der Waals surface area (Å²) in [5.41, 5.74) is -0.0887. The van der Waals surface area contributed by atoms with Gasteiger partial charge in [0.2, 0.25) is 0 Å². The molecule has 4 nitrogen and oxygen atoms in total. The number of carbonyl (C=O) groups excluding carboxylic acids is 1. The molecule has 1 fully saturated rings. The lowest BCUT2D eigenvalue weighted by Crippen LogP contribution is -2.44. The summed E-state index contributed by atoms with van der Waals surface area (Å²) in [5, 5.41) is 8.61. The van der Waals surface area contributed by atoms with E-state index < -0.39 is 23.7 Å².